The first-order valence-electron chi connectivity index (χ1n) is 6.56. The first-order chi connectivity index (χ1) is 9.55. The normalized spacial score (nSPS) is 18.6. The van der Waals surface area contributed by atoms with Crippen LogP contribution in [-0.2, 0) is 12.6 Å². The van der Waals surface area contributed by atoms with Gasteiger partial charge in [0.1, 0.15) is 0 Å². The molecule has 0 amide bonds. The van der Waals surface area contributed by atoms with Crippen molar-refractivity contribution < 1.29 is 13.2 Å². The van der Waals surface area contributed by atoms with Gasteiger partial charge >= 0.3 is 6.18 Å². The van der Waals surface area contributed by atoms with E-state index in [9.17, 15) is 13.2 Å². The van der Waals surface area contributed by atoms with E-state index in [2.05, 4.69) is 6.42 Å². The Hall–Kier alpha value is -1.77. The number of alkyl halides is 3. The molecular weight excluding hydrogens is 261 g/mol. The molecule has 1 atom stereocenters. The Morgan fingerprint density at radius 3 is 2.45 bits per heavy atom. The molecule has 0 nitrogen and oxygen atoms in total. The lowest BCUT2D eigenvalue weighted by Crippen LogP contribution is -2.16. The van der Waals surface area contributed by atoms with Crippen LogP contribution < -0.4 is 0 Å². The highest BCUT2D eigenvalue weighted by Gasteiger charge is 2.35. The molecule has 0 N–H and O–H groups in total. The Balaban J connectivity index is 1.96. The number of halogens is 3. The van der Waals surface area contributed by atoms with E-state index < -0.39 is 11.7 Å². The third kappa shape index (κ3) is 2.45. The molecule has 2 aromatic rings. The summed E-state index contributed by atoms with van der Waals surface area (Å²) in [6, 6.07) is 13.6. The average Bonchev–Trinajstić information content (AvgIpc) is 2.46. The van der Waals surface area contributed by atoms with Crippen LogP contribution in [0.4, 0.5) is 13.2 Å². The predicted molar refractivity (Wildman–Crippen MR) is 71.3 cm³/mol. The quantitative estimate of drug-likeness (QED) is 0.696. The summed E-state index contributed by atoms with van der Waals surface area (Å²) in [5.41, 5.74) is 1.88. The second kappa shape index (κ2) is 4.97. The Labute approximate surface area is 116 Å². The van der Waals surface area contributed by atoms with E-state index in [1.807, 2.05) is 24.3 Å². The molecule has 2 aromatic carbocycles. The summed E-state index contributed by atoms with van der Waals surface area (Å²) >= 11 is 0. The summed E-state index contributed by atoms with van der Waals surface area (Å²) in [5, 5.41) is 0. The molecule has 2 radical (unpaired) electrons. The van der Waals surface area contributed by atoms with Gasteiger partial charge in [-0.15, -0.1) is 0 Å². The molecule has 1 aliphatic carbocycles. The summed E-state index contributed by atoms with van der Waals surface area (Å²) < 4.78 is 39.2. The van der Waals surface area contributed by atoms with Gasteiger partial charge in [0.05, 0.1) is 5.56 Å². The molecule has 0 spiro atoms. The molecule has 0 bridgehead atoms. The Morgan fingerprint density at radius 1 is 0.950 bits per heavy atom. The van der Waals surface area contributed by atoms with E-state index >= 15 is 0 Å². The second-order valence-corrected chi connectivity index (χ2v) is 4.98. The molecule has 20 heavy (non-hydrogen) atoms. The van der Waals surface area contributed by atoms with Gasteiger partial charge in [-0.3, -0.25) is 0 Å². The van der Waals surface area contributed by atoms with Crippen molar-refractivity contribution in [3.63, 3.8) is 0 Å². The number of rotatable bonds is 1. The predicted octanol–water partition coefficient (Wildman–Crippen LogP) is 4.86. The van der Waals surface area contributed by atoms with Gasteiger partial charge in [-0.1, -0.05) is 42.5 Å². The zero-order chi connectivity index (χ0) is 14.2. The van der Waals surface area contributed by atoms with Crippen molar-refractivity contribution in [1.29, 1.82) is 0 Å². The van der Waals surface area contributed by atoms with Crippen molar-refractivity contribution in [3.8, 4) is 0 Å². The van der Waals surface area contributed by atoms with E-state index in [4.69, 9.17) is 0 Å². The van der Waals surface area contributed by atoms with Gasteiger partial charge in [-0.05, 0) is 41.5 Å². The highest BCUT2D eigenvalue weighted by atomic mass is 19.4. The first kappa shape index (κ1) is 13.2. The van der Waals surface area contributed by atoms with Crippen LogP contribution in [-0.4, -0.2) is 0 Å². The first-order valence-corrected chi connectivity index (χ1v) is 6.56. The average molecular weight is 274 g/mol. The van der Waals surface area contributed by atoms with Crippen LogP contribution in [0.2, 0.25) is 0 Å². The molecular formula is C17H13F3. The summed E-state index contributed by atoms with van der Waals surface area (Å²) in [6.07, 6.45) is 0.378. The SMILES string of the molecule is FC(F)(F)c1ccccc1C1[C]c2ccccc2CC1. The van der Waals surface area contributed by atoms with Crippen molar-refractivity contribution in [3.05, 3.63) is 77.2 Å². The lowest BCUT2D eigenvalue weighted by atomic mass is 9.79. The number of hydrogen-bond donors (Lipinski definition) is 0. The highest BCUT2D eigenvalue weighted by molar-refractivity contribution is 5.43. The summed E-state index contributed by atoms with van der Waals surface area (Å²) in [7, 11) is 0. The van der Waals surface area contributed by atoms with Crippen molar-refractivity contribution in [1.82, 2.24) is 0 Å². The Morgan fingerprint density at radius 2 is 1.65 bits per heavy atom. The van der Waals surface area contributed by atoms with Gasteiger partial charge in [-0.25, -0.2) is 0 Å². The van der Waals surface area contributed by atoms with Crippen molar-refractivity contribution in [2.24, 2.45) is 0 Å². The van der Waals surface area contributed by atoms with E-state index in [1.54, 1.807) is 12.1 Å². The topological polar surface area (TPSA) is 0 Å². The number of aryl methyl sites for hydroxylation is 1. The van der Waals surface area contributed by atoms with E-state index in [-0.39, 0.29) is 5.92 Å². The van der Waals surface area contributed by atoms with Crippen LogP contribution >= 0.6 is 0 Å². The van der Waals surface area contributed by atoms with Crippen molar-refractivity contribution >= 4 is 0 Å². The highest BCUT2D eigenvalue weighted by Crippen LogP contribution is 2.40. The third-order valence-electron chi connectivity index (χ3n) is 3.69. The molecule has 0 fully saturated rings. The molecule has 3 rings (SSSR count). The fourth-order valence-corrected chi connectivity index (χ4v) is 2.73. The minimum Gasteiger partial charge on any atom is -0.166 e. The molecule has 3 heteroatoms. The number of benzene rings is 2. The lowest BCUT2D eigenvalue weighted by Gasteiger charge is -2.26. The molecule has 0 saturated carbocycles. The van der Waals surface area contributed by atoms with Gasteiger partial charge in [-0.2, -0.15) is 13.2 Å². The monoisotopic (exact) mass is 274 g/mol. The lowest BCUT2D eigenvalue weighted by molar-refractivity contribution is -0.138. The fourth-order valence-electron chi connectivity index (χ4n) is 2.73. The van der Waals surface area contributed by atoms with Crippen LogP contribution in [0.15, 0.2) is 48.5 Å². The number of hydrogen-bond acceptors (Lipinski definition) is 0. The van der Waals surface area contributed by atoms with Crippen LogP contribution in [0, 0.1) is 6.42 Å². The van der Waals surface area contributed by atoms with Gasteiger partial charge < -0.3 is 0 Å². The maximum atomic E-state index is 13.1. The Bertz CT molecular complexity index is 614. The minimum atomic E-state index is -4.31. The molecule has 1 aliphatic rings. The molecule has 1 unspecified atom stereocenters. The van der Waals surface area contributed by atoms with Gasteiger partial charge in [0, 0.05) is 6.42 Å². The smallest absolute Gasteiger partial charge is 0.166 e. The van der Waals surface area contributed by atoms with Gasteiger partial charge in [0.25, 0.3) is 0 Å². The van der Waals surface area contributed by atoms with E-state index in [0.717, 1.165) is 23.6 Å². The van der Waals surface area contributed by atoms with Gasteiger partial charge in [0.2, 0.25) is 0 Å². The van der Waals surface area contributed by atoms with Gasteiger partial charge in [0.15, 0.2) is 0 Å². The Kier molecular flexibility index (Phi) is 3.28. The molecule has 102 valence electrons. The van der Waals surface area contributed by atoms with E-state index in [1.165, 1.54) is 6.07 Å². The van der Waals surface area contributed by atoms with Crippen LogP contribution in [0.5, 0.6) is 0 Å². The maximum Gasteiger partial charge on any atom is 0.416 e. The standard InChI is InChI=1S/C17H13F3/c18-17(19,20)16-8-4-3-7-15(16)14-10-9-12-5-1-2-6-13(12)11-14/h1-8,14H,9-10H2. The maximum absolute atomic E-state index is 13.1. The summed E-state index contributed by atoms with van der Waals surface area (Å²) in [5.74, 6) is -0.289. The van der Waals surface area contributed by atoms with Crippen molar-refractivity contribution in [2.45, 2.75) is 24.9 Å². The third-order valence-corrected chi connectivity index (χ3v) is 3.69. The number of fused-ring (bicyclic) bond motifs is 1. The molecule has 0 aromatic heterocycles. The van der Waals surface area contributed by atoms with Crippen LogP contribution in [0.3, 0.4) is 0 Å². The fraction of sp³-hybridized carbons (Fsp3) is 0.235. The van der Waals surface area contributed by atoms with Crippen LogP contribution in [0.25, 0.3) is 0 Å². The van der Waals surface area contributed by atoms with Crippen molar-refractivity contribution in [2.75, 3.05) is 0 Å². The molecule has 0 aliphatic heterocycles. The summed E-state index contributed by atoms with van der Waals surface area (Å²) in [4.78, 5) is 0. The molecule has 0 heterocycles. The minimum absolute atomic E-state index is 0.289. The second-order valence-electron chi connectivity index (χ2n) is 4.98. The zero-order valence-corrected chi connectivity index (χ0v) is 10.7. The summed E-state index contributed by atoms with van der Waals surface area (Å²) in [6.45, 7) is 0. The zero-order valence-electron chi connectivity index (χ0n) is 10.7. The largest absolute Gasteiger partial charge is 0.416 e. The van der Waals surface area contributed by atoms with Crippen LogP contribution in [0.1, 0.15) is 34.6 Å². The van der Waals surface area contributed by atoms with E-state index in [0.29, 0.717) is 12.0 Å². The molecule has 0 saturated heterocycles.